The zero-order valence-corrected chi connectivity index (χ0v) is 13.3. The van der Waals surface area contributed by atoms with Crippen LogP contribution in [0.3, 0.4) is 0 Å². The number of imidazole rings is 1. The van der Waals surface area contributed by atoms with E-state index in [-0.39, 0.29) is 0 Å². The summed E-state index contributed by atoms with van der Waals surface area (Å²) in [5.41, 5.74) is 3.34. The molecule has 2 N–H and O–H groups in total. The summed E-state index contributed by atoms with van der Waals surface area (Å²) in [5, 5.41) is 3.70. The molecule has 0 unspecified atom stereocenters. The first kappa shape index (κ1) is 14.9. The van der Waals surface area contributed by atoms with Crippen LogP contribution in [0.2, 0.25) is 0 Å². The van der Waals surface area contributed by atoms with E-state index in [0.29, 0.717) is 17.9 Å². The maximum atomic E-state index is 4.45. The van der Waals surface area contributed by atoms with Crippen LogP contribution in [0.25, 0.3) is 11.0 Å². The van der Waals surface area contributed by atoms with E-state index in [4.69, 9.17) is 0 Å². The quantitative estimate of drug-likeness (QED) is 0.797. The number of aryl methyl sites for hydroxylation is 1. The molecule has 3 heteroatoms. The fourth-order valence-electron chi connectivity index (χ4n) is 2.81. The molecule has 0 atom stereocenters. The summed E-state index contributed by atoms with van der Waals surface area (Å²) in [5.74, 6) is 2.40. The number of H-pyrrole nitrogens is 1. The number of anilines is 1. The van der Waals surface area contributed by atoms with Gasteiger partial charge < -0.3 is 10.3 Å². The normalized spacial score (nSPS) is 12.0. The van der Waals surface area contributed by atoms with Gasteiger partial charge in [-0.1, -0.05) is 27.7 Å². The van der Waals surface area contributed by atoms with Crippen LogP contribution in [-0.4, -0.2) is 16.0 Å². The maximum absolute atomic E-state index is 4.45. The molecular weight excluding hydrogens is 246 g/mol. The van der Waals surface area contributed by atoms with Crippen LogP contribution in [-0.2, 0) is 0 Å². The van der Waals surface area contributed by atoms with Gasteiger partial charge in [0.1, 0.15) is 5.82 Å². The molecule has 1 aromatic carbocycles. The molecule has 1 heterocycles. The van der Waals surface area contributed by atoms with E-state index in [1.807, 2.05) is 6.92 Å². The van der Waals surface area contributed by atoms with Gasteiger partial charge >= 0.3 is 0 Å². The van der Waals surface area contributed by atoms with Crippen LogP contribution in [0.4, 0.5) is 5.69 Å². The molecule has 0 saturated carbocycles. The molecule has 0 radical (unpaired) electrons. The average Bonchev–Trinajstić information content (AvgIpc) is 2.66. The predicted molar refractivity (Wildman–Crippen MR) is 87.2 cm³/mol. The van der Waals surface area contributed by atoms with Crippen molar-refractivity contribution in [3.05, 3.63) is 24.0 Å². The SMILES string of the molecule is Cc1nc2ccc(NC(CC(C)C)CC(C)C)cc2[nH]1. The summed E-state index contributed by atoms with van der Waals surface area (Å²) in [7, 11) is 0. The monoisotopic (exact) mass is 273 g/mol. The number of nitrogens with zero attached hydrogens (tertiary/aromatic N) is 1. The van der Waals surface area contributed by atoms with Crippen molar-refractivity contribution in [2.24, 2.45) is 11.8 Å². The molecule has 0 aliphatic heterocycles. The van der Waals surface area contributed by atoms with Gasteiger partial charge in [-0.25, -0.2) is 4.98 Å². The Morgan fingerprint density at radius 1 is 1.10 bits per heavy atom. The van der Waals surface area contributed by atoms with E-state index in [0.717, 1.165) is 16.9 Å². The predicted octanol–water partition coefficient (Wildman–Crippen LogP) is 4.74. The molecule has 0 aliphatic carbocycles. The molecule has 20 heavy (non-hydrogen) atoms. The van der Waals surface area contributed by atoms with Crippen molar-refractivity contribution in [3.63, 3.8) is 0 Å². The van der Waals surface area contributed by atoms with Crippen molar-refractivity contribution in [3.8, 4) is 0 Å². The third-order valence-corrected chi connectivity index (χ3v) is 3.48. The highest BCUT2D eigenvalue weighted by molar-refractivity contribution is 5.79. The molecule has 1 aromatic heterocycles. The lowest BCUT2D eigenvalue weighted by Gasteiger charge is -2.23. The van der Waals surface area contributed by atoms with Gasteiger partial charge in [0.05, 0.1) is 11.0 Å². The smallest absolute Gasteiger partial charge is 0.104 e. The molecular formula is C17H27N3. The molecule has 2 rings (SSSR count). The third kappa shape index (κ3) is 3.99. The average molecular weight is 273 g/mol. The first-order valence-corrected chi connectivity index (χ1v) is 7.67. The highest BCUT2D eigenvalue weighted by Crippen LogP contribution is 2.22. The third-order valence-electron chi connectivity index (χ3n) is 3.48. The molecule has 0 amide bonds. The second kappa shape index (κ2) is 6.29. The van der Waals surface area contributed by atoms with Crippen LogP contribution in [0.5, 0.6) is 0 Å². The van der Waals surface area contributed by atoms with E-state index < -0.39 is 0 Å². The van der Waals surface area contributed by atoms with Gasteiger partial charge in [0, 0.05) is 11.7 Å². The molecule has 2 aromatic rings. The fraction of sp³-hybridized carbons (Fsp3) is 0.588. The minimum Gasteiger partial charge on any atom is -0.382 e. The van der Waals surface area contributed by atoms with Crippen molar-refractivity contribution < 1.29 is 0 Å². The largest absolute Gasteiger partial charge is 0.382 e. The number of benzene rings is 1. The maximum Gasteiger partial charge on any atom is 0.104 e. The lowest BCUT2D eigenvalue weighted by atomic mass is 9.95. The number of aromatic nitrogens is 2. The topological polar surface area (TPSA) is 40.7 Å². The van der Waals surface area contributed by atoms with Gasteiger partial charge in [-0.2, -0.15) is 0 Å². The molecule has 0 bridgehead atoms. The highest BCUT2D eigenvalue weighted by Gasteiger charge is 2.13. The van der Waals surface area contributed by atoms with Crippen molar-refractivity contribution in [2.75, 3.05) is 5.32 Å². The highest BCUT2D eigenvalue weighted by atomic mass is 14.9. The summed E-state index contributed by atoms with van der Waals surface area (Å²) in [6.45, 7) is 11.1. The number of aromatic amines is 1. The van der Waals surface area contributed by atoms with Crippen LogP contribution in [0.1, 0.15) is 46.4 Å². The summed E-state index contributed by atoms with van der Waals surface area (Å²) in [4.78, 5) is 7.75. The Labute approximate surface area is 122 Å². The second-order valence-electron chi connectivity index (χ2n) is 6.65. The lowest BCUT2D eigenvalue weighted by Crippen LogP contribution is -2.23. The molecule has 3 nitrogen and oxygen atoms in total. The Kier molecular flexibility index (Phi) is 4.69. The minimum absolute atomic E-state index is 0.538. The van der Waals surface area contributed by atoms with Crippen LogP contribution in [0.15, 0.2) is 18.2 Å². The van der Waals surface area contributed by atoms with E-state index in [9.17, 15) is 0 Å². The number of fused-ring (bicyclic) bond motifs is 1. The van der Waals surface area contributed by atoms with Gasteiger partial charge in [-0.3, -0.25) is 0 Å². The fourth-order valence-corrected chi connectivity index (χ4v) is 2.81. The van der Waals surface area contributed by atoms with Crippen molar-refractivity contribution in [2.45, 2.75) is 53.5 Å². The standard InChI is InChI=1S/C17H27N3/c1-11(2)8-15(9-12(3)4)20-14-6-7-16-17(10-14)19-13(5)18-16/h6-7,10-12,15,20H,8-9H2,1-5H3,(H,18,19). The van der Waals surface area contributed by atoms with Gasteiger partial charge in [-0.05, 0) is 49.8 Å². The van der Waals surface area contributed by atoms with E-state index in [1.165, 1.54) is 18.5 Å². The second-order valence-corrected chi connectivity index (χ2v) is 6.65. The number of hydrogen-bond acceptors (Lipinski definition) is 2. The van der Waals surface area contributed by atoms with E-state index >= 15 is 0 Å². The molecule has 0 aliphatic rings. The van der Waals surface area contributed by atoms with E-state index in [1.54, 1.807) is 0 Å². The van der Waals surface area contributed by atoms with Crippen LogP contribution >= 0.6 is 0 Å². The Morgan fingerprint density at radius 2 is 1.75 bits per heavy atom. The number of nitrogens with one attached hydrogen (secondary N) is 2. The zero-order valence-electron chi connectivity index (χ0n) is 13.3. The van der Waals surface area contributed by atoms with Crippen LogP contribution in [0, 0.1) is 18.8 Å². The van der Waals surface area contributed by atoms with Crippen LogP contribution < -0.4 is 5.32 Å². The number of rotatable bonds is 6. The van der Waals surface area contributed by atoms with Gasteiger partial charge in [0.2, 0.25) is 0 Å². The summed E-state index contributed by atoms with van der Waals surface area (Å²) >= 11 is 0. The molecule has 0 fully saturated rings. The minimum atomic E-state index is 0.538. The van der Waals surface area contributed by atoms with E-state index in [2.05, 4.69) is 61.2 Å². The van der Waals surface area contributed by atoms with Crippen molar-refractivity contribution >= 4 is 16.7 Å². The molecule has 0 saturated heterocycles. The van der Waals surface area contributed by atoms with Gasteiger partial charge in [-0.15, -0.1) is 0 Å². The zero-order chi connectivity index (χ0) is 14.7. The Morgan fingerprint density at radius 3 is 2.35 bits per heavy atom. The first-order valence-electron chi connectivity index (χ1n) is 7.67. The van der Waals surface area contributed by atoms with Crippen molar-refractivity contribution in [1.29, 1.82) is 0 Å². The van der Waals surface area contributed by atoms with Gasteiger partial charge in [0.15, 0.2) is 0 Å². The van der Waals surface area contributed by atoms with Gasteiger partial charge in [0.25, 0.3) is 0 Å². The summed E-state index contributed by atoms with van der Waals surface area (Å²) in [6.07, 6.45) is 2.41. The molecule has 110 valence electrons. The molecule has 0 spiro atoms. The summed E-state index contributed by atoms with van der Waals surface area (Å²) < 4.78 is 0. The Balaban J connectivity index is 2.14. The Hall–Kier alpha value is -1.51. The van der Waals surface area contributed by atoms with Crippen molar-refractivity contribution in [1.82, 2.24) is 9.97 Å². The first-order chi connectivity index (χ1) is 9.44. The summed E-state index contributed by atoms with van der Waals surface area (Å²) in [6, 6.07) is 6.93. The number of hydrogen-bond donors (Lipinski definition) is 2. The lowest BCUT2D eigenvalue weighted by molar-refractivity contribution is 0.442. The Bertz CT molecular complexity index is 544.